The number of H-pyrrole nitrogens is 1. The summed E-state index contributed by atoms with van der Waals surface area (Å²) in [5, 5.41) is 12.5. The number of benzene rings is 2. The highest BCUT2D eigenvalue weighted by Crippen LogP contribution is 2.27. The molecule has 1 atom stereocenters. The van der Waals surface area contributed by atoms with Crippen LogP contribution >= 0.6 is 0 Å². The van der Waals surface area contributed by atoms with Gasteiger partial charge in [-0.25, -0.2) is 8.78 Å². The van der Waals surface area contributed by atoms with Crippen LogP contribution in [0.3, 0.4) is 0 Å². The molecule has 2 N–H and O–H groups in total. The van der Waals surface area contributed by atoms with Crippen molar-refractivity contribution in [1.29, 1.82) is 5.26 Å². The van der Waals surface area contributed by atoms with Gasteiger partial charge in [0.2, 0.25) is 5.91 Å². The van der Waals surface area contributed by atoms with Crippen LogP contribution < -0.4 is 15.6 Å². The number of aromatic nitrogens is 1. The highest BCUT2D eigenvalue weighted by molar-refractivity contribution is 5.87. The maximum Gasteiger partial charge on any atom is 0.251 e. The van der Waals surface area contributed by atoms with E-state index in [0.29, 0.717) is 22.7 Å². The van der Waals surface area contributed by atoms with Gasteiger partial charge in [0.25, 0.3) is 5.56 Å². The molecule has 0 unspecified atom stereocenters. The van der Waals surface area contributed by atoms with Crippen LogP contribution in [0.1, 0.15) is 29.7 Å². The molecule has 1 aromatic heterocycles. The molecule has 0 fully saturated rings. The van der Waals surface area contributed by atoms with Crippen LogP contribution in [0.4, 0.5) is 8.78 Å². The lowest BCUT2D eigenvalue weighted by molar-refractivity contribution is -0.119. The van der Waals surface area contributed by atoms with E-state index in [9.17, 15) is 23.6 Å². The lowest BCUT2D eigenvalue weighted by atomic mass is 9.97. The van der Waals surface area contributed by atoms with Crippen molar-refractivity contribution in [3.63, 3.8) is 0 Å². The van der Waals surface area contributed by atoms with Crippen LogP contribution in [0.25, 0.3) is 10.9 Å². The smallest absolute Gasteiger partial charge is 0.251 e. The predicted molar refractivity (Wildman–Crippen MR) is 102 cm³/mol. The Morgan fingerprint density at radius 3 is 2.66 bits per heavy atom. The fourth-order valence-electron chi connectivity index (χ4n) is 3.23. The first-order chi connectivity index (χ1) is 13.8. The number of methoxy groups -OCH3 is 1. The Bertz CT molecular complexity index is 1200. The number of nitrogens with one attached hydrogen (secondary N) is 2. The molecular formula is C21H17F2N3O3. The fourth-order valence-corrected chi connectivity index (χ4v) is 3.23. The third-order valence-electron chi connectivity index (χ3n) is 4.54. The maximum atomic E-state index is 14.3. The molecule has 0 spiro atoms. The minimum Gasteiger partial charge on any atom is -0.495 e. The van der Waals surface area contributed by atoms with Gasteiger partial charge in [0.1, 0.15) is 29.0 Å². The Balaban J connectivity index is 2.12. The van der Waals surface area contributed by atoms with Crippen LogP contribution in [0.5, 0.6) is 5.75 Å². The number of rotatable bonds is 5. The molecular weight excluding hydrogens is 380 g/mol. The lowest BCUT2D eigenvalue weighted by Gasteiger charge is -2.19. The molecule has 1 amide bonds. The number of ether oxygens (including phenoxy) is 1. The topological polar surface area (TPSA) is 95.0 Å². The van der Waals surface area contributed by atoms with Crippen molar-refractivity contribution in [3.05, 3.63) is 75.1 Å². The van der Waals surface area contributed by atoms with E-state index < -0.39 is 29.1 Å². The van der Waals surface area contributed by atoms with E-state index in [1.54, 1.807) is 12.1 Å². The molecule has 8 heteroatoms. The summed E-state index contributed by atoms with van der Waals surface area (Å²) >= 11 is 0. The Kier molecular flexibility index (Phi) is 5.59. The Morgan fingerprint density at radius 2 is 2.03 bits per heavy atom. The van der Waals surface area contributed by atoms with E-state index in [4.69, 9.17) is 4.74 Å². The summed E-state index contributed by atoms with van der Waals surface area (Å²) in [6, 6.07) is 8.88. The summed E-state index contributed by atoms with van der Waals surface area (Å²) in [5.74, 6) is -1.67. The Labute approximate surface area is 164 Å². The number of aromatic amines is 1. The molecule has 0 aliphatic rings. The number of nitrogens with zero attached hydrogens (tertiary/aromatic N) is 1. The minimum absolute atomic E-state index is 0.0484. The number of nitriles is 1. The molecule has 1 heterocycles. The Morgan fingerprint density at radius 1 is 1.28 bits per heavy atom. The van der Waals surface area contributed by atoms with Crippen molar-refractivity contribution in [1.82, 2.24) is 10.3 Å². The van der Waals surface area contributed by atoms with Gasteiger partial charge in [-0.3, -0.25) is 9.59 Å². The van der Waals surface area contributed by atoms with Crippen molar-refractivity contribution in [2.24, 2.45) is 0 Å². The van der Waals surface area contributed by atoms with Gasteiger partial charge >= 0.3 is 0 Å². The van der Waals surface area contributed by atoms with Crippen LogP contribution in [-0.4, -0.2) is 18.0 Å². The van der Waals surface area contributed by atoms with Crippen molar-refractivity contribution in [3.8, 4) is 11.8 Å². The number of halogens is 2. The van der Waals surface area contributed by atoms with E-state index >= 15 is 0 Å². The highest BCUT2D eigenvalue weighted by atomic mass is 19.1. The molecule has 0 aliphatic carbocycles. The first-order valence-electron chi connectivity index (χ1n) is 8.69. The van der Waals surface area contributed by atoms with Gasteiger partial charge in [0.05, 0.1) is 13.2 Å². The number of hydrogen-bond acceptors (Lipinski definition) is 4. The first kappa shape index (κ1) is 20.0. The molecule has 0 radical (unpaired) electrons. The number of pyridine rings is 1. The molecule has 6 nitrogen and oxygen atoms in total. The van der Waals surface area contributed by atoms with Gasteiger partial charge in [0, 0.05) is 41.4 Å². The molecule has 148 valence electrons. The van der Waals surface area contributed by atoms with Gasteiger partial charge in [-0.2, -0.15) is 5.26 Å². The third-order valence-corrected chi connectivity index (χ3v) is 4.54. The number of carbonyl (C=O) groups excluding carboxylic acids is 1. The molecule has 2 aromatic carbocycles. The molecule has 3 aromatic rings. The minimum atomic E-state index is -0.900. The van der Waals surface area contributed by atoms with Crippen molar-refractivity contribution in [2.45, 2.75) is 19.4 Å². The molecule has 0 aliphatic heterocycles. The number of amides is 1. The summed E-state index contributed by atoms with van der Waals surface area (Å²) < 4.78 is 32.7. The quantitative estimate of drug-likeness (QED) is 0.692. The van der Waals surface area contributed by atoms with Crippen LogP contribution in [0.2, 0.25) is 0 Å². The SMILES string of the molecule is COc1ccc2[nH]c(=O)c(C[C@H](NC(C)=O)c3ccc(F)cc3F)cc2c1C#N. The highest BCUT2D eigenvalue weighted by Gasteiger charge is 2.20. The summed E-state index contributed by atoms with van der Waals surface area (Å²) in [6.45, 7) is 1.26. The van der Waals surface area contributed by atoms with Crippen molar-refractivity contribution in [2.75, 3.05) is 7.11 Å². The summed E-state index contributed by atoms with van der Waals surface area (Å²) in [6.07, 6.45) is -0.0600. The standard InChI is InChI=1S/C21H17F2N3O3/c1-11(27)25-19(14-4-3-13(22)9-17(14)23)8-12-7-15-16(10-24)20(29-2)6-5-18(15)26-21(12)28/h3-7,9,19H,8H2,1-2H3,(H,25,27)(H,26,28)/t19-/m0/s1. The van der Waals surface area contributed by atoms with E-state index in [-0.39, 0.29) is 23.1 Å². The molecule has 0 saturated heterocycles. The average molecular weight is 397 g/mol. The summed E-state index contributed by atoms with van der Waals surface area (Å²) in [4.78, 5) is 26.9. The first-order valence-corrected chi connectivity index (χ1v) is 8.69. The van der Waals surface area contributed by atoms with Crippen LogP contribution in [0.15, 0.2) is 41.2 Å². The fraction of sp³-hybridized carbons (Fsp3) is 0.190. The monoisotopic (exact) mass is 397 g/mol. The third kappa shape index (κ3) is 4.09. The normalized spacial score (nSPS) is 11.7. The second-order valence-electron chi connectivity index (χ2n) is 6.46. The van der Waals surface area contributed by atoms with Gasteiger partial charge in [-0.1, -0.05) is 6.07 Å². The van der Waals surface area contributed by atoms with E-state index in [1.165, 1.54) is 26.2 Å². The van der Waals surface area contributed by atoms with Crippen molar-refractivity contribution >= 4 is 16.8 Å². The van der Waals surface area contributed by atoms with Crippen LogP contribution in [0, 0.1) is 23.0 Å². The van der Waals surface area contributed by atoms with Gasteiger partial charge < -0.3 is 15.0 Å². The zero-order valence-corrected chi connectivity index (χ0v) is 15.7. The second kappa shape index (κ2) is 8.10. The zero-order chi connectivity index (χ0) is 21.1. The zero-order valence-electron chi connectivity index (χ0n) is 15.7. The molecule has 3 rings (SSSR count). The average Bonchev–Trinajstić information content (AvgIpc) is 2.66. The molecule has 29 heavy (non-hydrogen) atoms. The lowest BCUT2D eigenvalue weighted by Crippen LogP contribution is -2.30. The van der Waals surface area contributed by atoms with Gasteiger partial charge in [0.15, 0.2) is 0 Å². The van der Waals surface area contributed by atoms with Gasteiger partial charge in [-0.15, -0.1) is 0 Å². The van der Waals surface area contributed by atoms with Gasteiger partial charge in [-0.05, 0) is 24.3 Å². The molecule has 0 saturated carbocycles. The maximum absolute atomic E-state index is 14.3. The van der Waals surface area contributed by atoms with Crippen LogP contribution in [-0.2, 0) is 11.2 Å². The Hall–Kier alpha value is -3.73. The second-order valence-corrected chi connectivity index (χ2v) is 6.46. The summed E-state index contributed by atoms with van der Waals surface area (Å²) in [5.41, 5.74) is 0.521. The largest absolute Gasteiger partial charge is 0.495 e. The predicted octanol–water partition coefficient (Wildman–Crippen LogP) is 3.11. The molecule has 0 bridgehead atoms. The summed E-state index contributed by atoms with van der Waals surface area (Å²) in [7, 11) is 1.43. The number of fused-ring (bicyclic) bond motifs is 1. The van der Waals surface area contributed by atoms with Crippen molar-refractivity contribution < 1.29 is 18.3 Å². The number of carbonyl (C=O) groups is 1. The van der Waals surface area contributed by atoms with E-state index in [1.807, 2.05) is 0 Å². The van der Waals surface area contributed by atoms with E-state index in [0.717, 1.165) is 6.07 Å². The van der Waals surface area contributed by atoms with E-state index in [2.05, 4.69) is 16.4 Å². The number of hydrogen-bond donors (Lipinski definition) is 2.